The van der Waals surface area contributed by atoms with Gasteiger partial charge in [-0.25, -0.2) is 26.0 Å². The van der Waals surface area contributed by atoms with Crippen molar-refractivity contribution in [3.63, 3.8) is 0 Å². The molecule has 1 heterocycles. The van der Waals surface area contributed by atoms with Crippen molar-refractivity contribution in [3.05, 3.63) is 76.1 Å². The molecule has 1 aliphatic rings. The van der Waals surface area contributed by atoms with E-state index >= 15 is 0 Å². The van der Waals surface area contributed by atoms with Crippen LogP contribution in [0.15, 0.2) is 30.6 Å². The third kappa shape index (κ3) is 4.42. The molecule has 0 fully saturated rings. The number of nitrogens with one attached hydrogen (secondary N) is 1. The topological polar surface area (TPSA) is 49.4 Å². The summed E-state index contributed by atoms with van der Waals surface area (Å²) < 4.78 is 81.1. The number of halogens is 4. The monoisotopic (exact) mass is 456 g/mol. The summed E-state index contributed by atoms with van der Waals surface area (Å²) in [5, 5.41) is 3.23. The van der Waals surface area contributed by atoms with Crippen LogP contribution in [0.4, 0.5) is 23.2 Å². The summed E-state index contributed by atoms with van der Waals surface area (Å²) in [4.78, 5) is 2.00. The largest absolute Gasteiger partial charge is 0.365 e. The molecular weight excluding hydrogens is 432 g/mol. The van der Waals surface area contributed by atoms with Gasteiger partial charge in [0.2, 0.25) is 0 Å². The fourth-order valence-corrected chi connectivity index (χ4v) is 5.24. The van der Waals surface area contributed by atoms with Crippen LogP contribution in [0, 0.1) is 30.2 Å². The van der Waals surface area contributed by atoms with E-state index in [0.717, 1.165) is 37.0 Å². The first-order valence-electron chi connectivity index (χ1n) is 9.84. The predicted molar refractivity (Wildman–Crippen MR) is 112 cm³/mol. The standard InChI is InChI=1S/C22H24F4N2O2S/c1-5-8-28-14(4)27-13(3)16-9-15(6-7-18(16)28)10-31(29,30)11-17-21(25)19(23)12(2)20(24)22(17)26/h6-7,9,13,27H,4-5,8,10-11H2,1-3H3. The van der Waals surface area contributed by atoms with E-state index in [-0.39, 0.29) is 6.04 Å². The van der Waals surface area contributed by atoms with Crippen LogP contribution in [0.5, 0.6) is 0 Å². The normalized spacial score (nSPS) is 16.3. The summed E-state index contributed by atoms with van der Waals surface area (Å²) >= 11 is 0. The number of fused-ring (bicyclic) bond motifs is 1. The van der Waals surface area contributed by atoms with Gasteiger partial charge in [-0.2, -0.15) is 0 Å². The minimum atomic E-state index is -4.12. The first-order valence-corrected chi connectivity index (χ1v) is 11.7. The van der Waals surface area contributed by atoms with Gasteiger partial charge in [-0.15, -0.1) is 0 Å². The Bertz CT molecular complexity index is 1120. The maximum atomic E-state index is 14.1. The molecule has 0 aromatic heterocycles. The Balaban J connectivity index is 1.92. The van der Waals surface area contributed by atoms with Crippen molar-refractivity contribution in [2.75, 3.05) is 11.4 Å². The Morgan fingerprint density at radius 2 is 1.68 bits per heavy atom. The van der Waals surface area contributed by atoms with Gasteiger partial charge in [0.05, 0.1) is 23.4 Å². The van der Waals surface area contributed by atoms with Gasteiger partial charge >= 0.3 is 0 Å². The average molecular weight is 457 g/mol. The Kier molecular flexibility index (Phi) is 6.36. The average Bonchev–Trinajstić information content (AvgIpc) is 2.71. The summed E-state index contributed by atoms with van der Waals surface area (Å²) in [6.07, 6.45) is 0.880. The van der Waals surface area contributed by atoms with Crippen molar-refractivity contribution in [1.29, 1.82) is 0 Å². The molecule has 0 amide bonds. The van der Waals surface area contributed by atoms with Gasteiger partial charge < -0.3 is 10.2 Å². The van der Waals surface area contributed by atoms with E-state index in [1.807, 2.05) is 18.7 Å². The van der Waals surface area contributed by atoms with Crippen molar-refractivity contribution in [2.24, 2.45) is 0 Å². The van der Waals surface area contributed by atoms with Gasteiger partial charge in [0.25, 0.3) is 0 Å². The van der Waals surface area contributed by atoms with Crippen LogP contribution in [-0.4, -0.2) is 15.0 Å². The minimum absolute atomic E-state index is 0.117. The van der Waals surface area contributed by atoms with Crippen LogP contribution in [0.25, 0.3) is 0 Å². The highest BCUT2D eigenvalue weighted by molar-refractivity contribution is 7.89. The molecule has 0 radical (unpaired) electrons. The molecule has 0 aliphatic carbocycles. The Labute approximate surface area is 179 Å². The molecule has 1 atom stereocenters. The molecular formula is C22H24F4N2O2S. The third-order valence-electron chi connectivity index (χ3n) is 5.33. The van der Waals surface area contributed by atoms with Crippen molar-refractivity contribution >= 4 is 15.5 Å². The molecule has 9 heteroatoms. The summed E-state index contributed by atoms with van der Waals surface area (Å²) in [6.45, 7) is 9.57. The lowest BCUT2D eigenvalue weighted by Crippen LogP contribution is -2.38. The summed E-state index contributed by atoms with van der Waals surface area (Å²) in [5.74, 6) is -7.48. The van der Waals surface area contributed by atoms with Crippen LogP contribution in [0.2, 0.25) is 0 Å². The van der Waals surface area contributed by atoms with E-state index in [1.54, 1.807) is 18.2 Å². The van der Waals surface area contributed by atoms with Gasteiger partial charge in [-0.1, -0.05) is 25.6 Å². The summed E-state index contributed by atoms with van der Waals surface area (Å²) in [5.41, 5.74) is 0.215. The molecule has 0 bridgehead atoms. The zero-order chi connectivity index (χ0) is 23.1. The second kappa shape index (κ2) is 8.53. The maximum Gasteiger partial charge on any atom is 0.166 e. The molecule has 0 saturated carbocycles. The molecule has 0 spiro atoms. The Hall–Kier alpha value is -2.55. The second-order valence-corrected chi connectivity index (χ2v) is 9.81. The quantitative estimate of drug-likeness (QED) is 0.490. The highest BCUT2D eigenvalue weighted by atomic mass is 32.2. The molecule has 2 aromatic rings. The lowest BCUT2D eigenvalue weighted by Gasteiger charge is -2.37. The van der Waals surface area contributed by atoms with Crippen molar-refractivity contribution in [3.8, 4) is 0 Å². The Morgan fingerprint density at radius 1 is 1.06 bits per heavy atom. The number of anilines is 1. The minimum Gasteiger partial charge on any atom is -0.365 e. The highest BCUT2D eigenvalue weighted by Crippen LogP contribution is 2.35. The fourth-order valence-electron chi connectivity index (χ4n) is 3.75. The maximum absolute atomic E-state index is 14.1. The van der Waals surface area contributed by atoms with E-state index in [0.29, 0.717) is 5.56 Å². The lowest BCUT2D eigenvalue weighted by molar-refractivity contribution is 0.434. The van der Waals surface area contributed by atoms with E-state index < -0.39 is 55.7 Å². The van der Waals surface area contributed by atoms with Crippen LogP contribution < -0.4 is 10.2 Å². The molecule has 4 nitrogen and oxygen atoms in total. The molecule has 1 aliphatic heterocycles. The molecule has 2 aromatic carbocycles. The third-order valence-corrected chi connectivity index (χ3v) is 6.83. The second-order valence-electron chi connectivity index (χ2n) is 7.75. The van der Waals surface area contributed by atoms with Gasteiger partial charge in [-0.3, -0.25) is 0 Å². The number of nitrogens with zero attached hydrogens (tertiary/aromatic N) is 1. The van der Waals surface area contributed by atoms with E-state index in [4.69, 9.17) is 0 Å². The van der Waals surface area contributed by atoms with Gasteiger partial charge in [-0.05, 0) is 37.5 Å². The molecule has 31 heavy (non-hydrogen) atoms. The van der Waals surface area contributed by atoms with Crippen LogP contribution in [0.1, 0.15) is 48.6 Å². The Morgan fingerprint density at radius 3 is 2.26 bits per heavy atom. The van der Waals surface area contributed by atoms with E-state index in [2.05, 4.69) is 11.9 Å². The van der Waals surface area contributed by atoms with Crippen LogP contribution >= 0.6 is 0 Å². The van der Waals surface area contributed by atoms with Crippen LogP contribution in [0.3, 0.4) is 0 Å². The van der Waals surface area contributed by atoms with Gasteiger partial charge in [0.1, 0.15) is 0 Å². The van der Waals surface area contributed by atoms with Crippen LogP contribution in [-0.2, 0) is 21.3 Å². The smallest absolute Gasteiger partial charge is 0.166 e. The zero-order valence-electron chi connectivity index (χ0n) is 17.5. The van der Waals surface area contributed by atoms with E-state index in [9.17, 15) is 26.0 Å². The summed E-state index contributed by atoms with van der Waals surface area (Å²) in [6, 6.07) is 4.99. The van der Waals surface area contributed by atoms with E-state index in [1.165, 1.54) is 0 Å². The molecule has 3 rings (SSSR count). The fraction of sp³-hybridized carbons (Fsp3) is 0.364. The molecule has 168 valence electrons. The first-order chi connectivity index (χ1) is 14.5. The zero-order valence-corrected chi connectivity index (χ0v) is 18.3. The molecule has 0 saturated heterocycles. The van der Waals surface area contributed by atoms with Crippen molar-refractivity contribution in [2.45, 2.75) is 44.7 Å². The van der Waals surface area contributed by atoms with Gasteiger partial charge in [0.15, 0.2) is 33.1 Å². The molecule has 1 unspecified atom stereocenters. The number of hydrogen-bond donors (Lipinski definition) is 1. The number of sulfone groups is 1. The summed E-state index contributed by atoms with van der Waals surface area (Å²) in [7, 11) is -4.12. The van der Waals surface area contributed by atoms with Crippen molar-refractivity contribution in [1.82, 2.24) is 5.32 Å². The lowest BCUT2D eigenvalue weighted by atomic mass is 10.00. The first kappa shape index (κ1) is 23.1. The number of hydrogen-bond acceptors (Lipinski definition) is 4. The number of rotatable bonds is 6. The number of benzene rings is 2. The SMILES string of the molecule is C=C1NC(C)c2cc(CS(=O)(=O)Cc3c(F)c(F)c(C)c(F)c3F)ccc2N1CCC. The van der Waals surface area contributed by atoms with Crippen molar-refractivity contribution < 1.29 is 26.0 Å². The predicted octanol–water partition coefficient (Wildman–Crippen LogP) is 5.02. The van der Waals surface area contributed by atoms with Gasteiger partial charge in [0, 0.05) is 23.4 Å². The molecule has 1 N–H and O–H groups in total. The highest BCUT2D eigenvalue weighted by Gasteiger charge is 2.28.